The molecule has 128 valence electrons. The molecule has 0 saturated carbocycles. The van der Waals surface area contributed by atoms with E-state index in [0.717, 1.165) is 16.6 Å². The molecular formula is C18H23N3O3. The molecule has 1 amide bonds. The highest BCUT2D eigenvalue weighted by Crippen LogP contribution is 2.33. The number of H-pyrrole nitrogens is 1. The quantitative estimate of drug-likeness (QED) is 0.818. The van der Waals surface area contributed by atoms with Crippen molar-refractivity contribution in [2.45, 2.75) is 38.8 Å². The number of imidazole rings is 1. The summed E-state index contributed by atoms with van der Waals surface area (Å²) in [6.07, 6.45) is 4.39. The highest BCUT2D eigenvalue weighted by atomic mass is 16.6. The standard InChI is InChI=1S/C18H23N3O3/c1-18(2,3)24-17(23)21-11-6-5-10-14(21)12-8-7-9-13-15(12)20(4)16(22)19-13/h5-9,14H,10-11H2,1-4H3,(H,19,22). The van der Waals surface area contributed by atoms with Crippen LogP contribution < -0.4 is 5.69 Å². The van der Waals surface area contributed by atoms with E-state index in [4.69, 9.17) is 4.74 Å². The second kappa shape index (κ2) is 5.85. The number of amides is 1. The molecule has 0 spiro atoms. The molecule has 1 aliphatic heterocycles. The van der Waals surface area contributed by atoms with E-state index in [1.54, 1.807) is 16.5 Å². The van der Waals surface area contributed by atoms with Crippen LogP contribution in [0.5, 0.6) is 0 Å². The van der Waals surface area contributed by atoms with Gasteiger partial charge in [-0.2, -0.15) is 0 Å². The summed E-state index contributed by atoms with van der Waals surface area (Å²) < 4.78 is 7.15. The van der Waals surface area contributed by atoms with Crippen LogP contribution in [0, 0.1) is 0 Å². The summed E-state index contributed by atoms with van der Waals surface area (Å²) in [5.74, 6) is 0. The monoisotopic (exact) mass is 329 g/mol. The van der Waals surface area contributed by atoms with E-state index in [1.807, 2.05) is 45.0 Å². The van der Waals surface area contributed by atoms with Crippen LogP contribution >= 0.6 is 0 Å². The first kappa shape index (κ1) is 16.4. The Morgan fingerprint density at radius 1 is 1.29 bits per heavy atom. The predicted molar refractivity (Wildman–Crippen MR) is 93.0 cm³/mol. The zero-order chi connectivity index (χ0) is 17.5. The number of aromatic amines is 1. The van der Waals surface area contributed by atoms with Crippen LogP contribution in [0.25, 0.3) is 11.0 Å². The number of hydrogen-bond donors (Lipinski definition) is 1. The largest absolute Gasteiger partial charge is 0.444 e. The van der Waals surface area contributed by atoms with Crippen LogP contribution in [0.2, 0.25) is 0 Å². The van der Waals surface area contributed by atoms with Crippen molar-refractivity contribution in [3.63, 3.8) is 0 Å². The molecule has 0 fully saturated rings. The average molecular weight is 329 g/mol. The Morgan fingerprint density at radius 2 is 2.04 bits per heavy atom. The zero-order valence-electron chi connectivity index (χ0n) is 14.5. The van der Waals surface area contributed by atoms with E-state index in [1.165, 1.54) is 0 Å². The smallest absolute Gasteiger partial charge is 0.411 e. The minimum Gasteiger partial charge on any atom is -0.444 e. The molecule has 1 aromatic carbocycles. The van der Waals surface area contributed by atoms with Gasteiger partial charge in [-0.3, -0.25) is 9.47 Å². The Labute approximate surface area is 140 Å². The fourth-order valence-electron chi connectivity index (χ4n) is 3.09. The first-order chi connectivity index (χ1) is 11.3. The molecule has 0 aliphatic carbocycles. The minimum absolute atomic E-state index is 0.157. The van der Waals surface area contributed by atoms with Crippen molar-refractivity contribution in [2.24, 2.45) is 7.05 Å². The molecule has 1 N–H and O–H groups in total. The molecule has 3 rings (SSSR count). The number of nitrogens with zero attached hydrogens (tertiary/aromatic N) is 2. The Morgan fingerprint density at radius 3 is 2.75 bits per heavy atom. The Hall–Kier alpha value is -2.50. The predicted octanol–water partition coefficient (Wildman–Crippen LogP) is 3.10. The molecular weight excluding hydrogens is 306 g/mol. The third-order valence-corrected chi connectivity index (χ3v) is 4.14. The number of rotatable bonds is 1. The Balaban J connectivity index is 2.05. The van der Waals surface area contributed by atoms with Crippen LogP contribution in [0.1, 0.15) is 38.8 Å². The summed E-state index contributed by atoms with van der Waals surface area (Å²) in [6, 6.07) is 5.59. The van der Waals surface area contributed by atoms with Crippen molar-refractivity contribution < 1.29 is 9.53 Å². The van der Waals surface area contributed by atoms with Gasteiger partial charge in [-0.05, 0) is 33.3 Å². The van der Waals surface area contributed by atoms with Crippen LogP contribution in [-0.2, 0) is 11.8 Å². The molecule has 1 aliphatic rings. The molecule has 6 heteroatoms. The summed E-state index contributed by atoms with van der Waals surface area (Å²) in [4.78, 5) is 29.1. The van der Waals surface area contributed by atoms with Gasteiger partial charge in [-0.1, -0.05) is 24.3 Å². The van der Waals surface area contributed by atoms with Crippen LogP contribution in [0.15, 0.2) is 35.1 Å². The number of fused-ring (bicyclic) bond motifs is 1. The summed E-state index contributed by atoms with van der Waals surface area (Å²) in [5.41, 5.74) is 1.85. The number of benzene rings is 1. The second-order valence-corrected chi connectivity index (χ2v) is 7.09. The van der Waals surface area contributed by atoms with Gasteiger partial charge in [0.15, 0.2) is 0 Å². The lowest BCUT2D eigenvalue weighted by atomic mass is 9.98. The summed E-state index contributed by atoms with van der Waals surface area (Å²) in [7, 11) is 1.74. The number of carbonyl (C=O) groups is 1. The maximum atomic E-state index is 12.6. The van der Waals surface area contributed by atoms with Gasteiger partial charge in [0.05, 0.1) is 17.1 Å². The van der Waals surface area contributed by atoms with E-state index in [9.17, 15) is 9.59 Å². The third-order valence-electron chi connectivity index (χ3n) is 4.14. The number of hydrogen-bond acceptors (Lipinski definition) is 3. The third kappa shape index (κ3) is 2.96. The lowest BCUT2D eigenvalue weighted by molar-refractivity contribution is 0.0177. The van der Waals surface area contributed by atoms with E-state index in [-0.39, 0.29) is 17.8 Å². The first-order valence-electron chi connectivity index (χ1n) is 8.10. The summed E-state index contributed by atoms with van der Waals surface area (Å²) in [6.45, 7) is 6.07. The van der Waals surface area contributed by atoms with E-state index >= 15 is 0 Å². The highest BCUT2D eigenvalue weighted by Gasteiger charge is 2.31. The van der Waals surface area contributed by atoms with Gasteiger partial charge in [-0.25, -0.2) is 9.59 Å². The summed E-state index contributed by atoms with van der Waals surface area (Å²) >= 11 is 0. The zero-order valence-corrected chi connectivity index (χ0v) is 14.5. The molecule has 0 radical (unpaired) electrons. The molecule has 1 unspecified atom stereocenters. The van der Waals surface area contributed by atoms with E-state index in [0.29, 0.717) is 13.0 Å². The maximum absolute atomic E-state index is 12.6. The van der Waals surface area contributed by atoms with Crippen molar-refractivity contribution in [3.8, 4) is 0 Å². The molecule has 1 aromatic heterocycles. The topological polar surface area (TPSA) is 67.3 Å². The number of aromatic nitrogens is 2. The van der Waals surface area contributed by atoms with Gasteiger partial charge >= 0.3 is 11.8 Å². The fraction of sp³-hybridized carbons (Fsp3) is 0.444. The van der Waals surface area contributed by atoms with Crippen molar-refractivity contribution in [2.75, 3.05) is 6.54 Å². The molecule has 0 bridgehead atoms. The van der Waals surface area contributed by atoms with Gasteiger partial charge in [0, 0.05) is 19.2 Å². The van der Waals surface area contributed by atoms with Gasteiger partial charge in [0.2, 0.25) is 0 Å². The fourth-order valence-corrected chi connectivity index (χ4v) is 3.09. The number of ether oxygens (including phenoxy) is 1. The average Bonchev–Trinajstić information content (AvgIpc) is 2.80. The van der Waals surface area contributed by atoms with Gasteiger partial charge in [0.25, 0.3) is 0 Å². The number of aryl methyl sites for hydroxylation is 1. The summed E-state index contributed by atoms with van der Waals surface area (Å²) in [5, 5.41) is 0. The van der Waals surface area contributed by atoms with Gasteiger partial charge in [0.1, 0.15) is 5.60 Å². The minimum atomic E-state index is -0.546. The number of para-hydroxylation sites is 1. The molecule has 0 saturated heterocycles. The van der Waals surface area contributed by atoms with Crippen LogP contribution in [0.3, 0.4) is 0 Å². The Bertz CT molecular complexity index is 854. The SMILES string of the molecule is Cn1c(=O)[nH]c2cccc(C3CC=CCN3C(=O)OC(C)(C)C)c21. The van der Waals surface area contributed by atoms with Crippen LogP contribution in [-0.4, -0.2) is 32.7 Å². The van der Waals surface area contributed by atoms with Gasteiger partial charge < -0.3 is 9.72 Å². The molecule has 2 heterocycles. The van der Waals surface area contributed by atoms with Crippen molar-refractivity contribution >= 4 is 17.1 Å². The lowest BCUT2D eigenvalue weighted by Crippen LogP contribution is -2.40. The first-order valence-corrected chi connectivity index (χ1v) is 8.10. The molecule has 6 nitrogen and oxygen atoms in total. The normalized spacial score (nSPS) is 18.2. The molecule has 2 aromatic rings. The van der Waals surface area contributed by atoms with Crippen molar-refractivity contribution in [1.29, 1.82) is 0 Å². The molecule has 24 heavy (non-hydrogen) atoms. The lowest BCUT2D eigenvalue weighted by Gasteiger charge is -2.35. The highest BCUT2D eigenvalue weighted by molar-refractivity contribution is 5.80. The van der Waals surface area contributed by atoms with Crippen molar-refractivity contribution in [3.05, 3.63) is 46.4 Å². The van der Waals surface area contributed by atoms with Crippen molar-refractivity contribution in [1.82, 2.24) is 14.5 Å². The maximum Gasteiger partial charge on any atom is 0.411 e. The number of carbonyl (C=O) groups excluding carboxylic acids is 1. The molecule has 1 atom stereocenters. The van der Waals surface area contributed by atoms with E-state index < -0.39 is 5.60 Å². The second-order valence-electron chi connectivity index (χ2n) is 7.09. The van der Waals surface area contributed by atoms with Crippen LogP contribution in [0.4, 0.5) is 4.79 Å². The number of nitrogens with one attached hydrogen (secondary N) is 1. The Kier molecular flexibility index (Phi) is 3.99. The van der Waals surface area contributed by atoms with Gasteiger partial charge in [-0.15, -0.1) is 0 Å². The van der Waals surface area contributed by atoms with E-state index in [2.05, 4.69) is 11.1 Å².